The molecule has 0 saturated carbocycles. The van der Waals surface area contributed by atoms with E-state index in [9.17, 15) is 14.0 Å². The summed E-state index contributed by atoms with van der Waals surface area (Å²) in [5.41, 5.74) is 1.82. The molecule has 1 aromatic heterocycles. The molecule has 1 aliphatic heterocycles. The summed E-state index contributed by atoms with van der Waals surface area (Å²) >= 11 is 1.41. The summed E-state index contributed by atoms with van der Waals surface area (Å²) in [6.07, 6.45) is 4.90. The van der Waals surface area contributed by atoms with Gasteiger partial charge in [0.25, 0.3) is 5.91 Å². The Bertz CT molecular complexity index is 1070. The Balaban J connectivity index is 1.53. The molecule has 0 bridgehead atoms. The monoisotopic (exact) mass is 438 g/mol. The minimum absolute atomic E-state index is 0.0828. The number of carbonyl (C=O) groups excluding carboxylic acids is 2. The number of carbonyl (C=O) groups is 2. The number of para-hydroxylation sites is 1. The van der Waals surface area contributed by atoms with Crippen LogP contribution in [0.3, 0.4) is 0 Å². The number of nitrogens with zero attached hydrogens (tertiary/aromatic N) is 3. The van der Waals surface area contributed by atoms with Crippen molar-refractivity contribution >= 4 is 29.3 Å². The number of halogens is 1. The summed E-state index contributed by atoms with van der Waals surface area (Å²) < 4.78 is 15.1. The summed E-state index contributed by atoms with van der Waals surface area (Å²) in [7, 11) is 0. The lowest BCUT2D eigenvalue weighted by Gasteiger charge is -2.32. The SMILES string of the molecule is CSc1ncc(C(=O)N2CCC[C@H](C(=O)Nc3ccccc3)C2)n1-c1ccc(F)cc1. The first kappa shape index (κ1) is 21.1. The minimum atomic E-state index is -0.342. The van der Waals surface area contributed by atoms with Crippen LogP contribution >= 0.6 is 11.8 Å². The van der Waals surface area contributed by atoms with Crippen LogP contribution in [0.5, 0.6) is 0 Å². The van der Waals surface area contributed by atoms with Crippen molar-refractivity contribution in [3.8, 4) is 5.69 Å². The number of anilines is 1. The second kappa shape index (κ2) is 9.34. The molecular weight excluding hydrogens is 415 g/mol. The highest BCUT2D eigenvalue weighted by atomic mass is 32.2. The van der Waals surface area contributed by atoms with Crippen LogP contribution in [0.15, 0.2) is 66.0 Å². The molecule has 0 radical (unpaired) electrons. The molecule has 8 heteroatoms. The van der Waals surface area contributed by atoms with Crippen molar-refractivity contribution in [2.24, 2.45) is 5.92 Å². The Kier molecular flexibility index (Phi) is 6.36. The highest BCUT2D eigenvalue weighted by Gasteiger charge is 2.31. The van der Waals surface area contributed by atoms with Crippen LogP contribution in [0.4, 0.5) is 10.1 Å². The number of benzene rings is 2. The lowest BCUT2D eigenvalue weighted by Crippen LogP contribution is -2.44. The van der Waals surface area contributed by atoms with E-state index in [0.717, 1.165) is 18.5 Å². The van der Waals surface area contributed by atoms with Gasteiger partial charge in [-0.1, -0.05) is 30.0 Å². The van der Waals surface area contributed by atoms with Gasteiger partial charge in [0.1, 0.15) is 11.5 Å². The molecule has 1 atom stereocenters. The van der Waals surface area contributed by atoms with Gasteiger partial charge in [-0.2, -0.15) is 0 Å². The zero-order valence-electron chi connectivity index (χ0n) is 17.1. The van der Waals surface area contributed by atoms with E-state index in [1.54, 1.807) is 27.8 Å². The Hall–Kier alpha value is -3.13. The van der Waals surface area contributed by atoms with Crippen molar-refractivity contribution in [1.29, 1.82) is 0 Å². The quantitative estimate of drug-likeness (QED) is 0.606. The number of amides is 2. The summed E-state index contributed by atoms with van der Waals surface area (Å²) in [4.78, 5) is 32.2. The van der Waals surface area contributed by atoms with Crippen molar-refractivity contribution in [1.82, 2.24) is 14.5 Å². The third-order valence-corrected chi connectivity index (χ3v) is 5.99. The predicted molar refractivity (Wildman–Crippen MR) is 119 cm³/mol. The van der Waals surface area contributed by atoms with Gasteiger partial charge >= 0.3 is 0 Å². The van der Waals surface area contributed by atoms with Gasteiger partial charge in [0.05, 0.1) is 12.1 Å². The molecule has 1 aliphatic rings. The molecule has 3 aromatic rings. The fraction of sp³-hybridized carbons (Fsp3) is 0.261. The second-order valence-corrected chi connectivity index (χ2v) is 8.16. The Morgan fingerprint density at radius 2 is 1.87 bits per heavy atom. The molecule has 1 saturated heterocycles. The lowest BCUT2D eigenvalue weighted by molar-refractivity contribution is -0.121. The van der Waals surface area contributed by atoms with E-state index in [2.05, 4.69) is 10.3 Å². The summed E-state index contributed by atoms with van der Waals surface area (Å²) in [5.74, 6) is -0.888. The number of aromatic nitrogens is 2. The van der Waals surface area contributed by atoms with Gasteiger partial charge in [0.15, 0.2) is 5.16 Å². The molecule has 2 heterocycles. The van der Waals surface area contributed by atoms with Crippen molar-refractivity contribution in [2.45, 2.75) is 18.0 Å². The fourth-order valence-corrected chi connectivity index (χ4v) is 4.32. The van der Waals surface area contributed by atoms with E-state index in [1.165, 1.54) is 23.9 Å². The Morgan fingerprint density at radius 3 is 2.58 bits per heavy atom. The number of piperidine rings is 1. The normalized spacial score (nSPS) is 16.2. The first-order valence-electron chi connectivity index (χ1n) is 10.1. The van der Waals surface area contributed by atoms with Crippen LogP contribution in [0, 0.1) is 11.7 Å². The van der Waals surface area contributed by atoms with Gasteiger partial charge in [-0.15, -0.1) is 0 Å². The molecule has 6 nitrogen and oxygen atoms in total. The molecule has 0 aliphatic carbocycles. The van der Waals surface area contributed by atoms with Crippen LogP contribution in [0.2, 0.25) is 0 Å². The van der Waals surface area contributed by atoms with E-state index < -0.39 is 0 Å². The minimum Gasteiger partial charge on any atom is -0.337 e. The number of nitrogens with one attached hydrogen (secondary N) is 1. The predicted octanol–water partition coefficient (Wildman–Crippen LogP) is 4.22. The van der Waals surface area contributed by atoms with E-state index in [0.29, 0.717) is 29.6 Å². The van der Waals surface area contributed by atoms with Gasteiger partial charge in [-0.25, -0.2) is 9.37 Å². The maximum atomic E-state index is 13.4. The van der Waals surface area contributed by atoms with Gasteiger partial charge in [-0.05, 0) is 55.5 Å². The number of hydrogen-bond donors (Lipinski definition) is 1. The van der Waals surface area contributed by atoms with Crippen molar-refractivity contribution in [2.75, 3.05) is 24.7 Å². The van der Waals surface area contributed by atoms with Crippen molar-refractivity contribution in [3.63, 3.8) is 0 Å². The third-order valence-electron chi connectivity index (χ3n) is 5.34. The standard InChI is InChI=1S/C23H23FN4O2S/c1-31-23-25-14-20(28(23)19-11-9-17(24)10-12-19)22(30)27-13-5-6-16(15-27)21(29)26-18-7-3-2-4-8-18/h2-4,7-12,14,16H,5-6,13,15H2,1H3,(H,26,29)/t16-/m0/s1. The topological polar surface area (TPSA) is 67.2 Å². The smallest absolute Gasteiger partial charge is 0.272 e. The fourth-order valence-electron chi connectivity index (χ4n) is 3.77. The molecule has 160 valence electrons. The lowest BCUT2D eigenvalue weighted by atomic mass is 9.96. The average Bonchev–Trinajstić information content (AvgIpc) is 3.24. The highest BCUT2D eigenvalue weighted by Crippen LogP contribution is 2.25. The largest absolute Gasteiger partial charge is 0.337 e. The van der Waals surface area contributed by atoms with Gasteiger partial charge in [-0.3, -0.25) is 14.2 Å². The number of rotatable bonds is 5. The highest BCUT2D eigenvalue weighted by molar-refractivity contribution is 7.98. The third kappa shape index (κ3) is 4.64. The molecule has 1 N–H and O–H groups in total. The van der Waals surface area contributed by atoms with Crippen LogP contribution in [0.1, 0.15) is 23.3 Å². The number of likely N-dealkylation sites (tertiary alicyclic amines) is 1. The van der Waals surface area contributed by atoms with E-state index >= 15 is 0 Å². The van der Waals surface area contributed by atoms with Crippen LogP contribution < -0.4 is 5.32 Å². The molecule has 2 amide bonds. The number of thioether (sulfide) groups is 1. The summed E-state index contributed by atoms with van der Waals surface area (Å²) in [6.45, 7) is 0.928. The average molecular weight is 439 g/mol. The number of hydrogen-bond acceptors (Lipinski definition) is 4. The van der Waals surface area contributed by atoms with Crippen LogP contribution in [-0.2, 0) is 4.79 Å². The van der Waals surface area contributed by atoms with E-state index in [4.69, 9.17) is 0 Å². The van der Waals surface area contributed by atoms with Crippen LogP contribution in [-0.4, -0.2) is 45.6 Å². The van der Waals surface area contributed by atoms with Gasteiger partial charge in [0, 0.05) is 24.5 Å². The Morgan fingerprint density at radius 1 is 1.13 bits per heavy atom. The van der Waals surface area contributed by atoms with Crippen molar-refractivity contribution < 1.29 is 14.0 Å². The maximum absolute atomic E-state index is 13.4. The first-order valence-corrected chi connectivity index (χ1v) is 11.3. The van der Waals surface area contributed by atoms with E-state index in [1.807, 2.05) is 36.6 Å². The maximum Gasteiger partial charge on any atom is 0.272 e. The zero-order valence-corrected chi connectivity index (χ0v) is 17.9. The second-order valence-electron chi connectivity index (χ2n) is 7.39. The molecule has 1 fully saturated rings. The van der Waals surface area contributed by atoms with Crippen molar-refractivity contribution in [3.05, 3.63) is 72.3 Å². The summed E-state index contributed by atoms with van der Waals surface area (Å²) in [6, 6.07) is 15.3. The number of imidazole rings is 1. The summed E-state index contributed by atoms with van der Waals surface area (Å²) in [5, 5.41) is 3.58. The molecule has 31 heavy (non-hydrogen) atoms. The van der Waals surface area contributed by atoms with Gasteiger partial charge in [0.2, 0.25) is 5.91 Å². The Labute approximate surface area is 184 Å². The molecule has 0 unspecified atom stereocenters. The molecule has 0 spiro atoms. The molecule has 4 rings (SSSR count). The van der Waals surface area contributed by atoms with Gasteiger partial charge < -0.3 is 10.2 Å². The van der Waals surface area contributed by atoms with E-state index in [-0.39, 0.29) is 23.5 Å². The molecule has 2 aromatic carbocycles. The molecular formula is C23H23FN4O2S. The van der Waals surface area contributed by atoms with Crippen LogP contribution in [0.25, 0.3) is 5.69 Å². The first-order chi connectivity index (χ1) is 15.1. The zero-order chi connectivity index (χ0) is 21.8.